The van der Waals surface area contributed by atoms with Crippen molar-refractivity contribution in [2.75, 3.05) is 26.4 Å². The number of nitrogens with two attached hydrogens (primary N) is 1. The van der Waals surface area contributed by atoms with Crippen LogP contribution in [0.1, 0.15) is 25.3 Å². The summed E-state index contributed by atoms with van der Waals surface area (Å²) in [5.74, 6) is 0.252. The molecule has 140 valence electrons. The molecule has 2 amide bonds. The van der Waals surface area contributed by atoms with Crippen molar-refractivity contribution in [3.05, 3.63) is 29.8 Å². The number of nitrogens with one attached hydrogen (secondary N) is 2. The maximum absolute atomic E-state index is 12.3. The third-order valence-electron chi connectivity index (χ3n) is 3.93. The first-order valence-corrected chi connectivity index (χ1v) is 8.17. The van der Waals surface area contributed by atoms with Gasteiger partial charge < -0.3 is 25.8 Å². The second-order valence-electron chi connectivity index (χ2n) is 5.84. The van der Waals surface area contributed by atoms with Gasteiger partial charge in [-0.3, -0.25) is 9.59 Å². The highest BCUT2D eigenvalue weighted by molar-refractivity contribution is 5.86. The summed E-state index contributed by atoms with van der Waals surface area (Å²) in [6.07, 6.45) is 1.04. The Labute approximate surface area is 154 Å². The molecule has 1 aromatic carbocycles. The van der Waals surface area contributed by atoms with Crippen LogP contribution in [-0.2, 0) is 20.9 Å². The summed E-state index contributed by atoms with van der Waals surface area (Å²) in [6, 6.07) is 7.27. The minimum Gasteiger partial charge on any atom is -0.484 e. The average Bonchev–Trinajstić information content (AvgIpc) is 2.59. The van der Waals surface area contributed by atoms with Crippen LogP contribution in [0, 0.1) is 0 Å². The van der Waals surface area contributed by atoms with Crippen molar-refractivity contribution < 1.29 is 19.1 Å². The number of carbonyl (C=O) groups excluding carboxylic acids is 2. The molecule has 1 heterocycles. The van der Waals surface area contributed by atoms with E-state index in [0.717, 1.165) is 5.56 Å². The van der Waals surface area contributed by atoms with Gasteiger partial charge >= 0.3 is 0 Å². The Hall–Kier alpha value is -1.83. The van der Waals surface area contributed by atoms with Crippen molar-refractivity contribution in [2.24, 2.45) is 5.73 Å². The number of hydrogen-bond acceptors (Lipinski definition) is 5. The van der Waals surface area contributed by atoms with Crippen molar-refractivity contribution in [2.45, 2.75) is 31.8 Å². The summed E-state index contributed by atoms with van der Waals surface area (Å²) in [5.41, 5.74) is 6.17. The monoisotopic (exact) mass is 371 g/mol. The van der Waals surface area contributed by atoms with Crippen LogP contribution in [0.4, 0.5) is 0 Å². The zero-order valence-corrected chi connectivity index (χ0v) is 15.2. The summed E-state index contributed by atoms with van der Waals surface area (Å²) in [5, 5.41) is 5.53. The molecule has 0 radical (unpaired) electrons. The Kier molecular flexibility index (Phi) is 8.68. The Morgan fingerprint density at radius 1 is 1.28 bits per heavy atom. The topological polar surface area (TPSA) is 103 Å². The van der Waals surface area contributed by atoms with E-state index in [1.54, 1.807) is 12.1 Å². The SMILES string of the molecule is CCNC(=O)COc1cccc(CNC(=O)C2(N)CCOCC2)c1.Cl. The maximum atomic E-state index is 12.3. The number of rotatable bonds is 7. The highest BCUT2D eigenvalue weighted by Gasteiger charge is 2.35. The lowest BCUT2D eigenvalue weighted by Crippen LogP contribution is -2.56. The molecule has 0 atom stereocenters. The smallest absolute Gasteiger partial charge is 0.257 e. The zero-order chi connectivity index (χ0) is 17.4. The third kappa shape index (κ3) is 6.53. The zero-order valence-electron chi connectivity index (χ0n) is 14.4. The van der Waals surface area contributed by atoms with E-state index in [-0.39, 0.29) is 30.8 Å². The van der Waals surface area contributed by atoms with Gasteiger partial charge in [0.15, 0.2) is 6.61 Å². The fourth-order valence-electron chi connectivity index (χ4n) is 2.46. The van der Waals surface area contributed by atoms with E-state index >= 15 is 0 Å². The molecule has 1 saturated heterocycles. The van der Waals surface area contributed by atoms with E-state index in [9.17, 15) is 9.59 Å². The average molecular weight is 372 g/mol. The molecule has 2 rings (SSSR count). The fourth-order valence-corrected chi connectivity index (χ4v) is 2.46. The molecule has 0 spiro atoms. The number of benzene rings is 1. The fraction of sp³-hybridized carbons (Fsp3) is 0.529. The molecule has 1 aliphatic rings. The van der Waals surface area contributed by atoms with Crippen LogP contribution >= 0.6 is 12.4 Å². The van der Waals surface area contributed by atoms with Crippen LogP contribution < -0.4 is 21.1 Å². The molecule has 0 bridgehead atoms. The standard InChI is InChI=1S/C17H25N3O4.ClH/c1-2-19-15(21)12-24-14-5-3-4-13(10-14)11-20-16(22)17(18)6-8-23-9-7-17;/h3-5,10H,2,6-9,11-12,18H2,1H3,(H,19,21)(H,20,22);1H. The highest BCUT2D eigenvalue weighted by atomic mass is 35.5. The molecule has 1 aromatic rings. The van der Waals surface area contributed by atoms with Gasteiger partial charge in [0.05, 0.1) is 5.54 Å². The summed E-state index contributed by atoms with van der Waals surface area (Å²) in [4.78, 5) is 23.7. The Morgan fingerprint density at radius 3 is 2.68 bits per heavy atom. The number of ether oxygens (including phenoxy) is 2. The van der Waals surface area contributed by atoms with Gasteiger partial charge in [0.25, 0.3) is 5.91 Å². The quantitative estimate of drug-likeness (QED) is 0.656. The Morgan fingerprint density at radius 2 is 2.00 bits per heavy atom. The second kappa shape index (κ2) is 10.2. The number of hydrogen-bond donors (Lipinski definition) is 3. The molecule has 0 saturated carbocycles. The van der Waals surface area contributed by atoms with Gasteiger partial charge in [-0.2, -0.15) is 0 Å². The highest BCUT2D eigenvalue weighted by Crippen LogP contribution is 2.18. The number of likely N-dealkylation sites (N-methyl/N-ethyl adjacent to an activating group) is 1. The lowest BCUT2D eigenvalue weighted by molar-refractivity contribution is -0.130. The van der Waals surface area contributed by atoms with Crippen LogP contribution in [0.2, 0.25) is 0 Å². The first kappa shape index (κ1) is 21.2. The molecule has 7 nitrogen and oxygen atoms in total. The molecule has 25 heavy (non-hydrogen) atoms. The van der Waals surface area contributed by atoms with Crippen LogP contribution in [0.15, 0.2) is 24.3 Å². The number of amides is 2. The van der Waals surface area contributed by atoms with Crippen LogP contribution in [-0.4, -0.2) is 43.7 Å². The van der Waals surface area contributed by atoms with Gasteiger partial charge in [-0.25, -0.2) is 0 Å². The van der Waals surface area contributed by atoms with Gasteiger partial charge in [-0.15, -0.1) is 12.4 Å². The molecular formula is C17H26ClN3O4. The van der Waals surface area contributed by atoms with Crippen molar-refractivity contribution in [1.82, 2.24) is 10.6 Å². The first-order valence-electron chi connectivity index (χ1n) is 8.17. The van der Waals surface area contributed by atoms with E-state index in [1.165, 1.54) is 0 Å². The largest absolute Gasteiger partial charge is 0.484 e. The van der Waals surface area contributed by atoms with Gasteiger partial charge in [0, 0.05) is 26.3 Å². The molecule has 4 N–H and O–H groups in total. The van der Waals surface area contributed by atoms with Gasteiger partial charge in [-0.1, -0.05) is 12.1 Å². The summed E-state index contributed by atoms with van der Waals surface area (Å²) in [7, 11) is 0. The summed E-state index contributed by atoms with van der Waals surface area (Å²) in [6.45, 7) is 3.76. The van der Waals surface area contributed by atoms with Crippen LogP contribution in [0.5, 0.6) is 5.75 Å². The Balaban J connectivity index is 0.00000312. The lowest BCUT2D eigenvalue weighted by Gasteiger charge is -2.31. The molecule has 1 fully saturated rings. The lowest BCUT2D eigenvalue weighted by atomic mass is 9.90. The van der Waals surface area contributed by atoms with E-state index < -0.39 is 5.54 Å². The molecule has 1 aliphatic heterocycles. The van der Waals surface area contributed by atoms with Gasteiger partial charge in [-0.05, 0) is 37.5 Å². The predicted octanol–water partition coefficient (Wildman–Crippen LogP) is 0.747. The Bertz CT molecular complexity index is 577. The van der Waals surface area contributed by atoms with Crippen molar-refractivity contribution in [1.29, 1.82) is 0 Å². The van der Waals surface area contributed by atoms with Crippen molar-refractivity contribution >= 4 is 24.2 Å². The third-order valence-corrected chi connectivity index (χ3v) is 3.93. The van der Waals surface area contributed by atoms with Gasteiger partial charge in [0.2, 0.25) is 5.91 Å². The number of halogens is 1. The van der Waals surface area contributed by atoms with Crippen LogP contribution in [0.3, 0.4) is 0 Å². The minimum absolute atomic E-state index is 0. The molecular weight excluding hydrogens is 346 g/mol. The van der Waals surface area contributed by atoms with E-state index in [4.69, 9.17) is 15.2 Å². The second-order valence-corrected chi connectivity index (χ2v) is 5.84. The van der Waals surface area contributed by atoms with E-state index in [1.807, 2.05) is 19.1 Å². The van der Waals surface area contributed by atoms with Crippen LogP contribution in [0.25, 0.3) is 0 Å². The predicted molar refractivity (Wildman–Crippen MR) is 96.7 cm³/mol. The molecule has 8 heteroatoms. The normalized spacial score (nSPS) is 15.6. The molecule has 0 aromatic heterocycles. The summed E-state index contributed by atoms with van der Waals surface area (Å²) >= 11 is 0. The van der Waals surface area contributed by atoms with Crippen molar-refractivity contribution in [3.8, 4) is 5.75 Å². The van der Waals surface area contributed by atoms with Crippen molar-refractivity contribution in [3.63, 3.8) is 0 Å². The summed E-state index contributed by atoms with van der Waals surface area (Å²) < 4.78 is 10.7. The molecule has 0 aliphatic carbocycles. The van der Waals surface area contributed by atoms with E-state index in [0.29, 0.717) is 44.9 Å². The number of carbonyl (C=O) groups is 2. The maximum Gasteiger partial charge on any atom is 0.257 e. The van der Waals surface area contributed by atoms with Gasteiger partial charge in [0.1, 0.15) is 5.75 Å². The molecule has 0 unspecified atom stereocenters. The van der Waals surface area contributed by atoms with E-state index in [2.05, 4.69) is 10.6 Å². The first-order chi connectivity index (χ1) is 11.5. The minimum atomic E-state index is -0.857.